The largest absolute Gasteiger partial charge is 0.481 e. The monoisotopic (exact) mass is 317 g/mol. The summed E-state index contributed by atoms with van der Waals surface area (Å²) in [5.74, 6) is -0.197. The summed E-state index contributed by atoms with van der Waals surface area (Å²) in [6, 6.07) is 7.98. The van der Waals surface area contributed by atoms with Gasteiger partial charge < -0.3 is 10.0 Å². The van der Waals surface area contributed by atoms with Crippen molar-refractivity contribution < 1.29 is 14.7 Å². The fraction of sp³-hybridized carbons (Fsp3) is 0.412. The van der Waals surface area contributed by atoms with Gasteiger partial charge in [-0.15, -0.1) is 11.3 Å². The number of carbonyl (C=O) groups excluding carboxylic acids is 1. The van der Waals surface area contributed by atoms with E-state index in [1.54, 1.807) is 11.3 Å². The molecule has 5 heteroatoms. The second-order valence-corrected chi connectivity index (χ2v) is 6.72. The standard InChI is InChI=1S/C17H19NO3S/c19-16(20)6-5-12-7-9-18(10-8-12)17(21)14-11-22-15-4-2-1-3-13(14)15/h1-4,11-12H,5-10H2,(H,19,20). The molecule has 0 radical (unpaired) electrons. The highest BCUT2D eigenvalue weighted by Crippen LogP contribution is 2.29. The number of amides is 1. The van der Waals surface area contributed by atoms with Crippen LogP contribution in [0.15, 0.2) is 29.6 Å². The zero-order valence-electron chi connectivity index (χ0n) is 12.3. The van der Waals surface area contributed by atoms with Gasteiger partial charge in [0.1, 0.15) is 0 Å². The van der Waals surface area contributed by atoms with E-state index in [1.165, 1.54) is 0 Å². The third kappa shape index (κ3) is 3.14. The number of carboxylic acid groups (broad SMARTS) is 1. The van der Waals surface area contributed by atoms with Crippen LogP contribution in [0.4, 0.5) is 0 Å². The van der Waals surface area contributed by atoms with Crippen LogP contribution >= 0.6 is 11.3 Å². The van der Waals surface area contributed by atoms with Crippen molar-refractivity contribution in [3.63, 3.8) is 0 Å². The molecule has 1 aromatic heterocycles. The lowest BCUT2D eigenvalue weighted by molar-refractivity contribution is -0.137. The predicted molar refractivity (Wildman–Crippen MR) is 87.3 cm³/mol. The van der Waals surface area contributed by atoms with E-state index in [2.05, 4.69) is 0 Å². The number of fused-ring (bicyclic) bond motifs is 1. The molecule has 1 saturated heterocycles. The van der Waals surface area contributed by atoms with Crippen molar-refractivity contribution >= 4 is 33.3 Å². The molecule has 1 N–H and O–H groups in total. The summed E-state index contributed by atoms with van der Waals surface area (Å²) < 4.78 is 1.14. The van der Waals surface area contributed by atoms with Crippen molar-refractivity contribution in [2.45, 2.75) is 25.7 Å². The zero-order chi connectivity index (χ0) is 15.5. The Bertz CT molecular complexity index is 686. The Morgan fingerprint density at radius 1 is 1.23 bits per heavy atom. The fourth-order valence-corrected chi connectivity index (χ4v) is 4.00. The molecule has 0 bridgehead atoms. The van der Waals surface area contributed by atoms with Crippen LogP contribution in [-0.4, -0.2) is 35.0 Å². The molecule has 0 saturated carbocycles. The number of hydrogen-bond donors (Lipinski definition) is 1. The van der Waals surface area contributed by atoms with Gasteiger partial charge in [0, 0.05) is 35.0 Å². The van der Waals surface area contributed by atoms with Gasteiger partial charge in [-0.2, -0.15) is 0 Å². The maximum Gasteiger partial charge on any atom is 0.303 e. The second kappa shape index (κ2) is 6.48. The molecular formula is C17H19NO3S. The van der Waals surface area contributed by atoms with Crippen LogP contribution in [0.5, 0.6) is 0 Å². The minimum absolute atomic E-state index is 0.106. The zero-order valence-corrected chi connectivity index (χ0v) is 13.1. The van der Waals surface area contributed by atoms with Gasteiger partial charge in [-0.05, 0) is 31.2 Å². The molecule has 1 aliphatic rings. The minimum atomic E-state index is -0.733. The minimum Gasteiger partial charge on any atom is -0.481 e. The van der Waals surface area contributed by atoms with Crippen molar-refractivity contribution in [1.29, 1.82) is 0 Å². The summed E-state index contributed by atoms with van der Waals surface area (Å²) in [5, 5.41) is 11.7. The van der Waals surface area contributed by atoms with E-state index in [9.17, 15) is 9.59 Å². The number of rotatable bonds is 4. The van der Waals surface area contributed by atoms with Gasteiger partial charge in [-0.3, -0.25) is 9.59 Å². The van der Waals surface area contributed by atoms with Crippen molar-refractivity contribution in [3.05, 3.63) is 35.2 Å². The smallest absolute Gasteiger partial charge is 0.303 e. The molecule has 0 spiro atoms. The summed E-state index contributed by atoms with van der Waals surface area (Å²) in [7, 11) is 0. The first-order valence-electron chi connectivity index (χ1n) is 7.62. The number of nitrogens with zero attached hydrogens (tertiary/aromatic N) is 1. The van der Waals surface area contributed by atoms with E-state index in [0.29, 0.717) is 5.92 Å². The number of piperidine rings is 1. The normalized spacial score (nSPS) is 16.1. The maximum atomic E-state index is 12.7. The first-order valence-corrected chi connectivity index (χ1v) is 8.50. The molecule has 1 fully saturated rings. The molecule has 1 aliphatic heterocycles. The average molecular weight is 317 g/mol. The van der Waals surface area contributed by atoms with Gasteiger partial charge in [0.15, 0.2) is 0 Å². The van der Waals surface area contributed by atoms with Crippen molar-refractivity contribution in [3.8, 4) is 0 Å². The van der Waals surface area contributed by atoms with Crippen LogP contribution in [0.25, 0.3) is 10.1 Å². The van der Waals surface area contributed by atoms with Crippen LogP contribution in [-0.2, 0) is 4.79 Å². The number of likely N-dealkylation sites (tertiary alicyclic amines) is 1. The van der Waals surface area contributed by atoms with Crippen LogP contribution < -0.4 is 0 Å². The Hall–Kier alpha value is -1.88. The van der Waals surface area contributed by atoms with Crippen molar-refractivity contribution in [1.82, 2.24) is 4.90 Å². The Balaban J connectivity index is 1.64. The number of aliphatic carboxylic acids is 1. The number of benzene rings is 1. The number of hydrogen-bond acceptors (Lipinski definition) is 3. The highest BCUT2D eigenvalue weighted by atomic mass is 32.1. The molecule has 0 aliphatic carbocycles. The number of carboxylic acids is 1. The molecule has 22 heavy (non-hydrogen) atoms. The number of carbonyl (C=O) groups is 2. The second-order valence-electron chi connectivity index (χ2n) is 5.81. The van der Waals surface area contributed by atoms with Crippen LogP contribution in [0.1, 0.15) is 36.0 Å². The molecule has 2 heterocycles. The molecule has 3 rings (SSSR count). The SMILES string of the molecule is O=C(O)CCC1CCN(C(=O)c2csc3ccccc23)CC1. The first kappa shape index (κ1) is 15.0. The van der Waals surface area contributed by atoms with Crippen LogP contribution in [0.3, 0.4) is 0 Å². The predicted octanol–water partition coefficient (Wildman–Crippen LogP) is 3.62. The molecular weight excluding hydrogens is 298 g/mol. The molecule has 0 atom stereocenters. The van der Waals surface area contributed by atoms with Crippen LogP contribution in [0.2, 0.25) is 0 Å². The fourth-order valence-electron chi connectivity index (χ4n) is 3.07. The molecule has 1 amide bonds. The van der Waals surface area contributed by atoms with Gasteiger partial charge in [-0.1, -0.05) is 18.2 Å². The van der Waals surface area contributed by atoms with E-state index in [4.69, 9.17) is 5.11 Å². The van der Waals surface area contributed by atoms with Crippen LogP contribution in [0, 0.1) is 5.92 Å². The van der Waals surface area contributed by atoms with E-state index in [1.807, 2.05) is 34.5 Å². The highest BCUT2D eigenvalue weighted by Gasteiger charge is 2.25. The van der Waals surface area contributed by atoms with Gasteiger partial charge in [0.2, 0.25) is 0 Å². The molecule has 0 unspecified atom stereocenters. The molecule has 1 aromatic carbocycles. The summed E-state index contributed by atoms with van der Waals surface area (Å²) in [4.78, 5) is 25.2. The Labute approximate surface area is 133 Å². The highest BCUT2D eigenvalue weighted by molar-refractivity contribution is 7.17. The van der Waals surface area contributed by atoms with E-state index in [0.717, 1.165) is 48.0 Å². The van der Waals surface area contributed by atoms with Crippen molar-refractivity contribution in [2.75, 3.05) is 13.1 Å². The van der Waals surface area contributed by atoms with E-state index in [-0.39, 0.29) is 12.3 Å². The Kier molecular flexibility index (Phi) is 4.43. The molecule has 4 nitrogen and oxygen atoms in total. The Morgan fingerprint density at radius 2 is 1.95 bits per heavy atom. The molecule has 2 aromatic rings. The first-order chi connectivity index (χ1) is 10.6. The quantitative estimate of drug-likeness (QED) is 0.937. The number of thiophene rings is 1. The average Bonchev–Trinajstić information content (AvgIpc) is 2.97. The topological polar surface area (TPSA) is 57.6 Å². The van der Waals surface area contributed by atoms with Gasteiger partial charge >= 0.3 is 5.97 Å². The summed E-state index contributed by atoms with van der Waals surface area (Å²) in [5.41, 5.74) is 0.796. The van der Waals surface area contributed by atoms with Crippen molar-refractivity contribution in [2.24, 2.45) is 5.92 Å². The van der Waals surface area contributed by atoms with E-state index >= 15 is 0 Å². The Morgan fingerprint density at radius 3 is 2.68 bits per heavy atom. The van der Waals surface area contributed by atoms with E-state index < -0.39 is 5.97 Å². The molecule has 116 valence electrons. The lowest BCUT2D eigenvalue weighted by atomic mass is 9.92. The summed E-state index contributed by atoms with van der Waals surface area (Å²) in [6.07, 6.45) is 2.76. The van der Waals surface area contributed by atoms with Gasteiger partial charge in [0.05, 0.1) is 5.56 Å². The third-order valence-electron chi connectivity index (χ3n) is 4.38. The third-order valence-corrected chi connectivity index (χ3v) is 5.34. The van der Waals surface area contributed by atoms with Gasteiger partial charge in [0.25, 0.3) is 5.91 Å². The van der Waals surface area contributed by atoms with Gasteiger partial charge in [-0.25, -0.2) is 0 Å². The lowest BCUT2D eigenvalue weighted by Gasteiger charge is -2.31. The maximum absolute atomic E-state index is 12.7. The lowest BCUT2D eigenvalue weighted by Crippen LogP contribution is -2.38. The summed E-state index contributed by atoms with van der Waals surface area (Å²) >= 11 is 1.61. The summed E-state index contributed by atoms with van der Waals surface area (Å²) in [6.45, 7) is 1.46.